The first-order chi connectivity index (χ1) is 10.3. The number of carbonyl (C=O) groups excluding carboxylic acids is 1. The number of ketones is 1. The molecule has 0 spiro atoms. The Morgan fingerprint density at radius 2 is 1.23 bits per heavy atom. The molecule has 2 aromatic carbocycles. The Bertz CT molecular complexity index is 656. The average molecular weight is 432 g/mol. The molecule has 0 saturated heterocycles. The number of carbonyl (C=O) groups is 1. The highest BCUT2D eigenvalue weighted by Gasteiger charge is 2.26. The van der Waals surface area contributed by atoms with E-state index in [0.29, 0.717) is 20.1 Å². The van der Waals surface area contributed by atoms with Crippen LogP contribution in [-0.4, -0.2) is 5.78 Å². The molecule has 0 fully saturated rings. The van der Waals surface area contributed by atoms with Gasteiger partial charge in [-0.3, -0.25) is 4.79 Å². The van der Waals surface area contributed by atoms with Crippen molar-refractivity contribution in [3.8, 4) is 0 Å². The fraction of sp³-hybridized carbons (Fsp3) is 0.235. The molecule has 116 valence electrons. The van der Waals surface area contributed by atoms with Gasteiger partial charge in [-0.2, -0.15) is 0 Å². The van der Waals surface area contributed by atoms with Gasteiger partial charge in [-0.25, -0.2) is 8.78 Å². The first-order valence-corrected chi connectivity index (χ1v) is 8.33. The number of rotatable bonds is 4. The van der Waals surface area contributed by atoms with Crippen LogP contribution >= 0.6 is 31.9 Å². The Morgan fingerprint density at radius 3 is 1.59 bits per heavy atom. The number of hydrogen-bond donors (Lipinski definition) is 0. The second-order valence-corrected chi connectivity index (χ2v) is 7.01. The van der Waals surface area contributed by atoms with Gasteiger partial charge in [0, 0.05) is 20.8 Å². The maximum absolute atomic E-state index is 13.9. The SMILES string of the molecule is CC(C(=O)C(C)c1cc(Br)ccc1F)c1cc(Br)ccc1F. The van der Waals surface area contributed by atoms with Gasteiger partial charge in [0.15, 0.2) is 0 Å². The molecule has 5 heteroatoms. The maximum Gasteiger partial charge on any atom is 0.147 e. The third-order valence-corrected chi connectivity index (χ3v) is 4.69. The molecule has 1 nitrogen and oxygen atoms in total. The number of hydrogen-bond acceptors (Lipinski definition) is 1. The van der Waals surface area contributed by atoms with Crippen molar-refractivity contribution >= 4 is 37.6 Å². The Hall–Kier alpha value is -1.07. The van der Waals surface area contributed by atoms with Crippen molar-refractivity contribution in [2.45, 2.75) is 25.7 Å². The van der Waals surface area contributed by atoms with Crippen molar-refractivity contribution in [3.05, 3.63) is 68.1 Å². The van der Waals surface area contributed by atoms with Crippen LogP contribution < -0.4 is 0 Å². The Kier molecular flexibility index (Phi) is 5.50. The second-order valence-electron chi connectivity index (χ2n) is 5.18. The molecule has 0 N–H and O–H groups in total. The minimum Gasteiger partial charge on any atom is -0.298 e. The van der Waals surface area contributed by atoms with E-state index in [0.717, 1.165) is 0 Å². The molecule has 0 aromatic heterocycles. The summed E-state index contributed by atoms with van der Waals surface area (Å²) >= 11 is 6.55. The van der Waals surface area contributed by atoms with Crippen LogP contribution in [0.15, 0.2) is 45.3 Å². The second kappa shape index (κ2) is 7.01. The fourth-order valence-corrected chi connectivity index (χ4v) is 3.13. The van der Waals surface area contributed by atoms with E-state index in [1.807, 2.05) is 0 Å². The van der Waals surface area contributed by atoms with Gasteiger partial charge in [0.2, 0.25) is 0 Å². The van der Waals surface area contributed by atoms with Crippen molar-refractivity contribution in [2.24, 2.45) is 0 Å². The molecular weight excluding hydrogens is 418 g/mol. The van der Waals surface area contributed by atoms with Gasteiger partial charge >= 0.3 is 0 Å². The van der Waals surface area contributed by atoms with Gasteiger partial charge in [0.25, 0.3) is 0 Å². The van der Waals surface area contributed by atoms with E-state index in [-0.39, 0.29) is 5.78 Å². The number of Topliss-reactive ketones (excluding diaryl/α,β-unsaturated/α-hetero) is 1. The molecule has 0 aliphatic rings. The lowest BCUT2D eigenvalue weighted by Gasteiger charge is -2.18. The van der Waals surface area contributed by atoms with Crippen LogP contribution in [0.4, 0.5) is 8.78 Å². The van der Waals surface area contributed by atoms with Crippen LogP contribution in [0.5, 0.6) is 0 Å². The van der Waals surface area contributed by atoms with Crippen LogP contribution in [0.3, 0.4) is 0 Å². The van der Waals surface area contributed by atoms with Gasteiger partial charge in [-0.1, -0.05) is 45.7 Å². The van der Waals surface area contributed by atoms with E-state index >= 15 is 0 Å². The third kappa shape index (κ3) is 3.63. The normalized spacial score (nSPS) is 13.7. The zero-order valence-corrected chi connectivity index (χ0v) is 15.2. The van der Waals surface area contributed by atoms with Crippen LogP contribution in [-0.2, 0) is 4.79 Å². The monoisotopic (exact) mass is 430 g/mol. The van der Waals surface area contributed by atoms with E-state index in [2.05, 4.69) is 31.9 Å². The molecule has 2 atom stereocenters. The van der Waals surface area contributed by atoms with Gasteiger partial charge in [-0.15, -0.1) is 0 Å². The van der Waals surface area contributed by atoms with Gasteiger partial charge in [0.05, 0.1) is 0 Å². The molecule has 0 saturated carbocycles. The smallest absolute Gasteiger partial charge is 0.147 e. The zero-order chi connectivity index (χ0) is 16.4. The Labute approximate surface area is 145 Å². The van der Waals surface area contributed by atoms with Gasteiger partial charge in [-0.05, 0) is 47.5 Å². The van der Waals surface area contributed by atoms with E-state index < -0.39 is 23.5 Å². The molecule has 22 heavy (non-hydrogen) atoms. The molecule has 2 aromatic rings. The van der Waals surface area contributed by atoms with E-state index in [1.165, 1.54) is 12.1 Å². The lowest BCUT2D eigenvalue weighted by atomic mass is 9.85. The minimum absolute atomic E-state index is 0.228. The molecule has 0 amide bonds. The lowest BCUT2D eigenvalue weighted by molar-refractivity contribution is -0.121. The third-order valence-electron chi connectivity index (χ3n) is 3.70. The lowest BCUT2D eigenvalue weighted by Crippen LogP contribution is -2.18. The molecule has 0 heterocycles. The highest BCUT2D eigenvalue weighted by Crippen LogP contribution is 2.31. The van der Waals surface area contributed by atoms with Crippen LogP contribution in [0.1, 0.15) is 36.8 Å². The molecule has 0 aliphatic heterocycles. The predicted molar refractivity (Wildman–Crippen MR) is 90.0 cm³/mol. The molecule has 2 rings (SSSR count). The summed E-state index contributed by atoms with van der Waals surface area (Å²) in [6.07, 6.45) is 0. The maximum atomic E-state index is 13.9. The molecule has 0 aliphatic carbocycles. The summed E-state index contributed by atoms with van der Waals surface area (Å²) < 4.78 is 29.3. The molecular formula is C17H14Br2F2O. The van der Waals surface area contributed by atoms with Gasteiger partial charge in [0.1, 0.15) is 17.4 Å². The van der Waals surface area contributed by atoms with Crippen LogP contribution in [0.2, 0.25) is 0 Å². The van der Waals surface area contributed by atoms with Crippen molar-refractivity contribution in [1.82, 2.24) is 0 Å². The zero-order valence-electron chi connectivity index (χ0n) is 12.0. The molecule has 2 unspecified atom stereocenters. The summed E-state index contributed by atoms with van der Waals surface area (Å²) in [5.74, 6) is -2.43. The van der Waals surface area contributed by atoms with Crippen molar-refractivity contribution in [2.75, 3.05) is 0 Å². The molecule has 0 bridgehead atoms. The Balaban J connectivity index is 2.34. The minimum atomic E-state index is -0.661. The fourth-order valence-electron chi connectivity index (χ4n) is 2.37. The summed E-state index contributed by atoms with van der Waals surface area (Å²) in [5.41, 5.74) is 0.614. The summed E-state index contributed by atoms with van der Waals surface area (Å²) in [4.78, 5) is 12.6. The van der Waals surface area contributed by atoms with Crippen LogP contribution in [0.25, 0.3) is 0 Å². The van der Waals surface area contributed by atoms with E-state index in [1.54, 1.807) is 38.1 Å². The van der Waals surface area contributed by atoms with E-state index in [9.17, 15) is 13.6 Å². The topological polar surface area (TPSA) is 17.1 Å². The largest absolute Gasteiger partial charge is 0.298 e. The Morgan fingerprint density at radius 1 is 0.864 bits per heavy atom. The quantitative estimate of drug-likeness (QED) is 0.583. The number of halogens is 4. The average Bonchev–Trinajstić information content (AvgIpc) is 2.50. The highest BCUT2D eigenvalue weighted by atomic mass is 79.9. The van der Waals surface area contributed by atoms with E-state index in [4.69, 9.17) is 0 Å². The van der Waals surface area contributed by atoms with Crippen molar-refractivity contribution < 1.29 is 13.6 Å². The highest BCUT2D eigenvalue weighted by molar-refractivity contribution is 9.10. The summed E-state index contributed by atoms with van der Waals surface area (Å²) in [7, 11) is 0. The summed E-state index contributed by atoms with van der Waals surface area (Å²) in [6.45, 7) is 3.28. The summed E-state index contributed by atoms with van der Waals surface area (Å²) in [5, 5.41) is 0. The van der Waals surface area contributed by atoms with Crippen molar-refractivity contribution in [1.29, 1.82) is 0 Å². The first kappa shape index (κ1) is 17.3. The number of benzene rings is 2. The van der Waals surface area contributed by atoms with Crippen LogP contribution in [0, 0.1) is 11.6 Å². The standard InChI is InChI=1S/C17H14Br2F2O/c1-9(13-7-11(18)3-5-15(13)20)17(22)10(2)14-8-12(19)4-6-16(14)21/h3-10H,1-2H3. The summed E-state index contributed by atoms with van der Waals surface area (Å²) in [6, 6.07) is 8.95. The molecule has 0 radical (unpaired) electrons. The van der Waals surface area contributed by atoms with Gasteiger partial charge < -0.3 is 0 Å². The predicted octanol–water partition coefficient (Wildman–Crippen LogP) is 5.97. The first-order valence-electron chi connectivity index (χ1n) is 6.75. The van der Waals surface area contributed by atoms with Crippen molar-refractivity contribution in [3.63, 3.8) is 0 Å².